The number of benzene rings is 3. The molecule has 8 nitrogen and oxygen atoms in total. The fraction of sp³-hybridized carbons (Fsp3) is 0.174. The van der Waals surface area contributed by atoms with E-state index in [2.05, 4.69) is 31.3 Å². The van der Waals surface area contributed by atoms with Gasteiger partial charge >= 0.3 is 0 Å². The molecule has 1 fully saturated rings. The Morgan fingerprint density at radius 3 is 2.39 bits per heavy atom. The summed E-state index contributed by atoms with van der Waals surface area (Å²) in [4.78, 5) is 25.4. The standard InChI is InChI=1S/C23H20N6O2/c30-22(15-7-8-15)25-20-13-17-4-2-1-3-16(17)12-19(20)23(31)24-18-9-5-14(6-10-18)11-21-26-28-29-27-21/h1-6,9-10,12-13,15H,7-8,11H2,(H,24,31)(H,25,30)(H,26,27,28,29). The minimum absolute atomic E-state index is 0.0323. The van der Waals surface area contributed by atoms with Crippen LogP contribution in [0.1, 0.15) is 34.6 Å². The quantitative estimate of drug-likeness (QED) is 0.448. The van der Waals surface area contributed by atoms with Crippen molar-refractivity contribution in [2.45, 2.75) is 19.3 Å². The van der Waals surface area contributed by atoms with Crippen LogP contribution in [0.4, 0.5) is 11.4 Å². The Kier molecular flexibility index (Phi) is 4.87. The Labute approximate surface area is 178 Å². The summed E-state index contributed by atoms with van der Waals surface area (Å²) in [7, 11) is 0. The summed E-state index contributed by atoms with van der Waals surface area (Å²) in [6.07, 6.45) is 2.35. The van der Waals surface area contributed by atoms with Crippen LogP contribution in [0.25, 0.3) is 10.8 Å². The smallest absolute Gasteiger partial charge is 0.257 e. The van der Waals surface area contributed by atoms with Crippen LogP contribution >= 0.6 is 0 Å². The molecule has 31 heavy (non-hydrogen) atoms. The third kappa shape index (κ3) is 4.28. The SMILES string of the molecule is O=C(Nc1ccc(Cc2nn[nH]n2)cc1)c1cc2ccccc2cc1NC(=O)C1CC1. The highest BCUT2D eigenvalue weighted by atomic mass is 16.2. The first-order valence-corrected chi connectivity index (χ1v) is 10.1. The summed E-state index contributed by atoms with van der Waals surface area (Å²) in [6, 6.07) is 18.9. The highest BCUT2D eigenvalue weighted by Crippen LogP contribution is 2.32. The van der Waals surface area contributed by atoms with Crippen molar-refractivity contribution in [2.24, 2.45) is 5.92 Å². The number of carbonyl (C=O) groups is 2. The second-order valence-corrected chi connectivity index (χ2v) is 7.66. The zero-order valence-electron chi connectivity index (χ0n) is 16.6. The molecule has 2 amide bonds. The molecule has 0 bridgehead atoms. The van der Waals surface area contributed by atoms with Gasteiger partial charge in [-0.2, -0.15) is 5.21 Å². The molecule has 0 atom stereocenters. The number of aromatic nitrogens is 4. The summed E-state index contributed by atoms with van der Waals surface area (Å²) < 4.78 is 0. The largest absolute Gasteiger partial charge is 0.325 e. The van der Waals surface area contributed by atoms with Gasteiger partial charge in [-0.25, -0.2) is 0 Å². The van der Waals surface area contributed by atoms with Gasteiger partial charge < -0.3 is 10.6 Å². The lowest BCUT2D eigenvalue weighted by Crippen LogP contribution is -2.19. The van der Waals surface area contributed by atoms with Gasteiger partial charge in [-0.3, -0.25) is 9.59 Å². The fourth-order valence-corrected chi connectivity index (χ4v) is 3.46. The number of nitrogens with zero attached hydrogens (tertiary/aromatic N) is 3. The first-order chi connectivity index (χ1) is 15.2. The van der Waals surface area contributed by atoms with E-state index in [0.29, 0.717) is 29.2 Å². The Hall–Kier alpha value is -4.07. The molecule has 1 saturated carbocycles. The van der Waals surface area contributed by atoms with Gasteiger partial charge in [-0.1, -0.05) is 41.6 Å². The Morgan fingerprint density at radius 1 is 0.968 bits per heavy atom. The number of hydrogen-bond donors (Lipinski definition) is 3. The van der Waals surface area contributed by atoms with Crippen molar-refractivity contribution in [3.05, 3.63) is 77.6 Å². The molecule has 0 spiro atoms. The Bertz CT molecular complexity index is 1250. The number of fused-ring (bicyclic) bond motifs is 1. The van der Waals surface area contributed by atoms with Gasteiger partial charge in [0, 0.05) is 18.0 Å². The van der Waals surface area contributed by atoms with Crippen molar-refractivity contribution >= 4 is 34.0 Å². The molecule has 1 aromatic heterocycles. The van der Waals surface area contributed by atoms with E-state index < -0.39 is 0 Å². The molecule has 1 aliphatic carbocycles. The maximum Gasteiger partial charge on any atom is 0.257 e. The molecule has 5 rings (SSSR count). The van der Waals surface area contributed by atoms with Crippen LogP contribution < -0.4 is 10.6 Å². The summed E-state index contributed by atoms with van der Waals surface area (Å²) in [6.45, 7) is 0. The van der Waals surface area contributed by atoms with Gasteiger partial charge in [0.15, 0.2) is 5.82 Å². The molecule has 8 heteroatoms. The third-order valence-electron chi connectivity index (χ3n) is 5.30. The lowest BCUT2D eigenvalue weighted by Gasteiger charge is -2.13. The van der Waals surface area contributed by atoms with E-state index in [9.17, 15) is 9.59 Å². The normalized spacial score (nSPS) is 13.2. The van der Waals surface area contributed by atoms with Gasteiger partial charge in [0.1, 0.15) is 0 Å². The summed E-state index contributed by atoms with van der Waals surface area (Å²) in [5.41, 5.74) is 2.63. The number of nitrogens with one attached hydrogen (secondary N) is 3. The summed E-state index contributed by atoms with van der Waals surface area (Å²) in [5.74, 6) is 0.344. The van der Waals surface area contributed by atoms with Gasteiger partial charge in [0.2, 0.25) is 5.91 Å². The third-order valence-corrected chi connectivity index (χ3v) is 5.30. The summed E-state index contributed by atoms with van der Waals surface area (Å²) >= 11 is 0. The van der Waals surface area contributed by atoms with Gasteiger partial charge in [-0.05, 0) is 53.4 Å². The van der Waals surface area contributed by atoms with E-state index >= 15 is 0 Å². The number of H-pyrrole nitrogens is 1. The second-order valence-electron chi connectivity index (χ2n) is 7.66. The number of hydrogen-bond acceptors (Lipinski definition) is 5. The van der Waals surface area contributed by atoms with Crippen molar-refractivity contribution in [3.63, 3.8) is 0 Å². The van der Waals surface area contributed by atoms with Crippen molar-refractivity contribution in [2.75, 3.05) is 10.6 Å². The van der Waals surface area contributed by atoms with Gasteiger partial charge in [-0.15, -0.1) is 10.2 Å². The van der Waals surface area contributed by atoms with Crippen LogP contribution in [0.15, 0.2) is 60.7 Å². The molecule has 0 saturated heterocycles. The topological polar surface area (TPSA) is 113 Å². The second kappa shape index (κ2) is 7.98. The van der Waals surface area contributed by atoms with Crippen LogP contribution in [0.2, 0.25) is 0 Å². The number of anilines is 2. The molecule has 0 unspecified atom stereocenters. The molecular formula is C23H20N6O2. The van der Waals surface area contributed by atoms with Crippen LogP contribution in [0.5, 0.6) is 0 Å². The minimum Gasteiger partial charge on any atom is -0.325 e. The number of rotatable bonds is 6. The van der Waals surface area contributed by atoms with Crippen LogP contribution in [-0.2, 0) is 11.2 Å². The van der Waals surface area contributed by atoms with E-state index in [4.69, 9.17) is 0 Å². The molecule has 3 N–H and O–H groups in total. The lowest BCUT2D eigenvalue weighted by molar-refractivity contribution is -0.117. The number of amides is 2. The van der Waals surface area contributed by atoms with E-state index in [1.165, 1.54) is 0 Å². The van der Waals surface area contributed by atoms with Crippen molar-refractivity contribution < 1.29 is 9.59 Å². The maximum atomic E-state index is 13.1. The Balaban J connectivity index is 1.38. The number of carbonyl (C=O) groups excluding carboxylic acids is 2. The predicted octanol–water partition coefficient (Wildman–Crippen LogP) is 3.54. The molecule has 3 aromatic carbocycles. The average Bonchev–Trinajstić information content (AvgIpc) is 3.52. The zero-order chi connectivity index (χ0) is 21.2. The van der Waals surface area contributed by atoms with E-state index in [1.54, 1.807) is 0 Å². The first-order valence-electron chi connectivity index (χ1n) is 10.1. The Morgan fingerprint density at radius 2 is 1.71 bits per heavy atom. The van der Waals surface area contributed by atoms with E-state index in [-0.39, 0.29) is 17.7 Å². The minimum atomic E-state index is -0.275. The molecular weight excluding hydrogens is 392 g/mol. The van der Waals surface area contributed by atoms with Crippen LogP contribution in [0, 0.1) is 5.92 Å². The predicted molar refractivity (Wildman–Crippen MR) is 117 cm³/mol. The van der Waals surface area contributed by atoms with Crippen molar-refractivity contribution in [3.8, 4) is 0 Å². The average molecular weight is 412 g/mol. The van der Waals surface area contributed by atoms with Gasteiger partial charge in [0.25, 0.3) is 5.91 Å². The van der Waals surface area contributed by atoms with E-state index in [1.807, 2.05) is 60.7 Å². The maximum absolute atomic E-state index is 13.1. The monoisotopic (exact) mass is 412 g/mol. The van der Waals surface area contributed by atoms with E-state index in [0.717, 1.165) is 29.2 Å². The van der Waals surface area contributed by atoms with Crippen LogP contribution in [-0.4, -0.2) is 32.4 Å². The summed E-state index contributed by atoms with van der Waals surface area (Å²) in [5, 5.41) is 21.6. The molecule has 154 valence electrons. The molecule has 1 heterocycles. The van der Waals surface area contributed by atoms with Gasteiger partial charge in [0.05, 0.1) is 11.3 Å². The van der Waals surface area contributed by atoms with Crippen molar-refractivity contribution in [1.29, 1.82) is 0 Å². The molecule has 4 aromatic rings. The molecule has 0 radical (unpaired) electrons. The first kappa shape index (κ1) is 18.9. The molecule has 0 aliphatic heterocycles. The number of tetrazole rings is 1. The van der Waals surface area contributed by atoms with Crippen molar-refractivity contribution in [1.82, 2.24) is 20.6 Å². The zero-order valence-corrected chi connectivity index (χ0v) is 16.6. The highest BCUT2D eigenvalue weighted by molar-refractivity contribution is 6.13. The highest BCUT2D eigenvalue weighted by Gasteiger charge is 2.30. The van der Waals surface area contributed by atoms with Crippen LogP contribution in [0.3, 0.4) is 0 Å². The fourth-order valence-electron chi connectivity index (χ4n) is 3.46. The lowest BCUT2D eigenvalue weighted by atomic mass is 10.0. The number of aromatic amines is 1. The molecule has 1 aliphatic rings.